The molecule has 116 valence electrons. The van der Waals surface area contributed by atoms with Gasteiger partial charge in [-0.25, -0.2) is 0 Å². The molecule has 1 heterocycles. The third kappa shape index (κ3) is 3.93. The van der Waals surface area contributed by atoms with E-state index in [0.29, 0.717) is 12.1 Å². The summed E-state index contributed by atoms with van der Waals surface area (Å²) in [6, 6.07) is 11.8. The van der Waals surface area contributed by atoms with E-state index in [2.05, 4.69) is 40.5 Å². The highest BCUT2D eigenvalue weighted by atomic mass is 32.2. The summed E-state index contributed by atoms with van der Waals surface area (Å²) in [5.74, 6) is 2.45. The van der Waals surface area contributed by atoms with Gasteiger partial charge in [0.15, 0.2) is 0 Å². The Labute approximate surface area is 130 Å². The normalized spacial score (nSPS) is 28.4. The van der Waals surface area contributed by atoms with Crippen LogP contribution in [-0.2, 0) is 10.8 Å². The second-order valence-electron chi connectivity index (χ2n) is 6.21. The molecular formula is C17H26N2OS. The van der Waals surface area contributed by atoms with Gasteiger partial charge in [-0.1, -0.05) is 37.3 Å². The van der Waals surface area contributed by atoms with Crippen LogP contribution in [0.5, 0.6) is 0 Å². The van der Waals surface area contributed by atoms with Crippen LogP contribution < -0.4 is 5.32 Å². The Balaban J connectivity index is 1.68. The molecule has 4 heteroatoms. The van der Waals surface area contributed by atoms with E-state index in [-0.39, 0.29) is 0 Å². The maximum absolute atomic E-state index is 11.8. The van der Waals surface area contributed by atoms with Crippen molar-refractivity contribution in [2.75, 3.05) is 31.1 Å². The lowest BCUT2D eigenvalue weighted by atomic mass is 9.99. The van der Waals surface area contributed by atoms with Crippen LogP contribution in [0.3, 0.4) is 0 Å². The second kappa shape index (κ2) is 7.03. The highest BCUT2D eigenvalue weighted by Gasteiger charge is 2.37. The summed E-state index contributed by atoms with van der Waals surface area (Å²) in [6.45, 7) is 5.08. The molecule has 0 spiro atoms. The van der Waals surface area contributed by atoms with Gasteiger partial charge in [-0.2, -0.15) is 0 Å². The lowest BCUT2D eigenvalue weighted by Gasteiger charge is -2.41. The molecule has 3 nitrogen and oxygen atoms in total. The molecule has 21 heavy (non-hydrogen) atoms. The van der Waals surface area contributed by atoms with E-state index >= 15 is 0 Å². The lowest BCUT2D eigenvalue weighted by Crippen LogP contribution is -2.54. The molecule has 0 amide bonds. The van der Waals surface area contributed by atoms with Crippen LogP contribution in [-0.4, -0.2) is 46.3 Å². The van der Waals surface area contributed by atoms with Crippen molar-refractivity contribution < 1.29 is 4.21 Å². The topological polar surface area (TPSA) is 32.3 Å². The minimum absolute atomic E-state index is 0.426. The van der Waals surface area contributed by atoms with Gasteiger partial charge in [0.05, 0.1) is 0 Å². The van der Waals surface area contributed by atoms with Crippen LogP contribution in [0.15, 0.2) is 30.3 Å². The first kappa shape index (κ1) is 15.2. The number of nitrogens with zero attached hydrogens (tertiary/aromatic N) is 1. The average molecular weight is 306 g/mol. The van der Waals surface area contributed by atoms with Crippen molar-refractivity contribution in [1.29, 1.82) is 0 Å². The number of benzene rings is 1. The van der Waals surface area contributed by atoms with Gasteiger partial charge in [-0.05, 0) is 24.3 Å². The van der Waals surface area contributed by atoms with E-state index in [1.54, 1.807) is 0 Å². The molecule has 1 aliphatic heterocycles. The fourth-order valence-electron chi connectivity index (χ4n) is 3.27. The largest absolute Gasteiger partial charge is 0.311 e. The Morgan fingerprint density at radius 1 is 1.29 bits per heavy atom. The summed E-state index contributed by atoms with van der Waals surface area (Å²) in [5, 5.41) is 3.74. The third-order valence-corrected chi connectivity index (χ3v) is 6.03. The second-order valence-corrected chi connectivity index (χ2v) is 8.07. The molecule has 0 aromatic heterocycles. The first-order valence-electron chi connectivity index (χ1n) is 8.15. The standard InChI is InChI=1S/C17H26N2OS/c1-2-21(20)11-10-19-13-16(14-8-9-14)18-12-17(19)15-6-4-3-5-7-15/h3-7,14,16-18H,2,8-13H2,1H3. The minimum atomic E-state index is -0.668. The zero-order chi connectivity index (χ0) is 14.7. The Morgan fingerprint density at radius 3 is 2.71 bits per heavy atom. The molecule has 1 aromatic carbocycles. The Morgan fingerprint density at radius 2 is 2.05 bits per heavy atom. The van der Waals surface area contributed by atoms with E-state index in [1.165, 1.54) is 18.4 Å². The van der Waals surface area contributed by atoms with Crippen molar-refractivity contribution in [3.8, 4) is 0 Å². The van der Waals surface area contributed by atoms with Gasteiger partial charge in [0.1, 0.15) is 0 Å². The van der Waals surface area contributed by atoms with E-state index in [0.717, 1.165) is 37.1 Å². The Kier molecular flexibility index (Phi) is 5.09. The predicted molar refractivity (Wildman–Crippen MR) is 88.8 cm³/mol. The summed E-state index contributed by atoms with van der Waals surface area (Å²) >= 11 is 0. The number of hydrogen-bond acceptors (Lipinski definition) is 3. The predicted octanol–water partition coefficient (Wildman–Crippen LogP) is 2.18. The number of piperazine rings is 1. The molecule has 1 saturated carbocycles. The van der Waals surface area contributed by atoms with Gasteiger partial charge in [-0.15, -0.1) is 0 Å². The molecule has 3 unspecified atom stereocenters. The highest BCUT2D eigenvalue weighted by molar-refractivity contribution is 7.84. The maximum Gasteiger partial charge on any atom is 0.0473 e. The van der Waals surface area contributed by atoms with Gasteiger partial charge < -0.3 is 5.32 Å². The van der Waals surface area contributed by atoms with E-state index in [1.807, 2.05) is 6.92 Å². The van der Waals surface area contributed by atoms with Gasteiger partial charge in [-0.3, -0.25) is 9.11 Å². The van der Waals surface area contributed by atoms with Gasteiger partial charge in [0.2, 0.25) is 0 Å². The van der Waals surface area contributed by atoms with Crippen molar-refractivity contribution in [2.45, 2.75) is 31.8 Å². The van der Waals surface area contributed by atoms with Crippen LogP contribution in [0, 0.1) is 5.92 Å². The number of hydrogen-bond donors (Lipinski definition) is 1. The molecule has 1 saturated heterocycles. The lowest BCUT2D eigenvalue weighted by molar-refractivity contribution is 0.130. The van der Waals surface area contributed by atoms with E-state index in [9.17, 15) is 4.21 Å². The minimum Gasteiger partial charge on any atom is -0.311 e. The summed E-state index contributed by atoms with van der Waals surface area (Å²) in [6.07, 6.45) is 2.75. The fraction of sp³-hybridized carbons (Fsp3) is 0.647. The van der Waals surface area contributed by atoms with Crippen molar-refractivity contribution in [1.82, 2.24) is 10.2 Å². The van der Waals surface area contributed by atoms with Crippen LogP contribution in [0.1, 0.15) is 31.4 Å². The molecule has 0 radical (unpaired) electrons. The number of rotatable bonds is 6. The van der Waals surface area contributed by atoms with Crippen LogP contribution >= 0.6 is 0 Å². The zero-order valence-electron chi connectivity index (χ0n) is 12.8. The van der Waals surface area contributed by atoms with E-state index in [4.69, 9.17) is 0 Å². The molecule has 1 N–H and O–H groups in total. The summed E-state index contributed by atoms with van der Waals surface area (Å²) in [4.78, 5) is 2.56. The van der Waals surface area contributed by atoms with Crippen LogP contribution in [0.25, 0.3) is 0 Å². The number of nitrogens with one attached hydrogen (secondary N) is 1. The quantitative estimate of drug-likeness (QED) is 0.874. The molecule has 3 rings (SSSR count). The van der Waals surface area contributed by atoms with Gasteiger partial charge in [0, 0.05) is 54.0 Å². The Hall–Kier alpha value is -0.710. The molecular weight excluding hydrogens is 280 g/mol. The molecule has 1 aliphatic carbocycles. The molecule has 3 atom stereocenters. The van der Waals surface area contributed by atoms with Crippen molar-refractivity contribution in [3.63, 3.8) is 0 Å². The molecule has 1 aromatic rings. The summed E-state index contributed by atoms with van der Waals surface area (Å²) < 4.78 is 11.8. The molecule has 0 bridgehead atoms. The summed E-state index contributed by atoms with van der Waals surface area (Å²) in [5.41, 5.74) is 1.38. The smallest absolute Gasteiger partial charge is 0.0473 e. The zero-order valence-corrected chi connectivity index (χ0v) is 13.6. The monoisotopic (exact) mass is 306 g/mol. The molecule has 2 aliphatic rings. The van der Waals surface area contributed by atoms with Gasteiger partial charge >= 0.3 is 0 Å². The fourth-order valence-corrected chi connectivity index (χ4v) is 3.99. The van der Waals surface area contributed by atoms with Gasteiger partial charge in [0.25, 0.3) is 0 Å². The SMILES string of the molecule is CCS(=O)CCN1CC(C2CC2)NCC1c1ccccc1. The Bertz CT molecular complexity index is 475. The van der Waals surface area contributed by atoms with Crippen molar-refractivity contribution in [3.05, 3.63) is 35.9 Å². The van der Waals surface area contributed by atoms with Crippen LogP contribution in [0.4, 0.5) is 0 Å². The van der Waals surface area contributed by atoms with Crippen molar-refractivity contribution >= 4 is 10.8 Å². The third-order valence-electron chi connectivity index (χ3n) is 4.75. The molecule has 2 fully saturated rings. The van der Waals surface area contributed by atoms with Crippen LogP contribution in [0.2, 0.25) is 0 Å². The first-order valence-corrected chi connectivity index (χ1v) is 9.64. The summed E-state index contributed by atoms with van der Waals surface area (Å²) in [7, 11) is -0.668. The first-order chi connectivity index (χ1) is 10.3. The average Bonchev–Trinajstić information content (AvgIpc) is 3.38. The highest BCUT2D eigenvalue weighted by Crippen LogP contribution is 2.36. The van der Waals surface area contributed by atoms with E-state index < -0.39 is 10.8 Å². The van der Waals surface area contributed by atoms with Crippen molar-refractivity contribution in [2.24, 2.45) is 5.92 Å². The maximum atomic E-state index is 11.8.